The van der Waals surface area contributed by atoms with Crippen LogP contribution in [0.4, 0.5) is 0 Å². The van der Waals surface area contributed by atoms with E-state index in [9.17, 15) is 14.4 Å². The van der Waals surface area contributed by atoms with Crippen molar-refractivity contribution in [3.8, 4) is 0 Å². The highest BCUT2D eigenvalue weighted by Gasteiger charge is 2.19. The quantitative estimate of drug-likeness (QED) is 0.0261. The van der Waals surface area contributed by atoms with Gasteiger partial charge < -0.3 is 14.2 Å². The minimum Gasteiger partial charge on any atom is -0.462 e. The zero-order chi connectivity index (χ0) is 57.1. The summed E-state index contributed by atoms with van der Waals surface area (Å²) in [5, 5.41) is 0. The molecule has 0 heterocycles. The third kappa shape index (κ3) is 63.5. The minimum absolute atomic E-state index is 0.123. The van der Waals surface area contributed by atoms with Crippen molar-refractivity contribution in [3.63, 3.8) is 0 Å². The number of carbonyl (C=O) groups is 3. The van der Waals surface area contributed by atoms with Gasteiger partial charge in [0.15, 0.2) is 6.10 Å². The molecular formula is C73H114O6. The molecule has 0 spiro atoms. The molecule has 0 aliphatic rings. The lowest BCUT2D eigenvalue weighted by molar-refractivity contribution is -0.166. The molecule has 0 rings (SSSR count). The van der Waals surface area contributed by atoms with Crippen molar-refractivity contribution in [1.82, 2.24) is 0 Å². The van der Waals surface area contributed by atoms with Gasteiger partial charge in [0.2, 0.25) is 0 Å². The van der Waals surface area contributed by atoms with Crippen LogP contribution in [0.5, 0.6) is 0 Å². The normalized spacial score (nSPS) is 13.3. The van der Waals surface area contributed by atoms with E-state index in [1.807, 2.05) is 12.2 Å². The number of carbonyl (C=O) groups excluding carboxylic acids is 3. The zero-order valence-electron chi connectivity index (χ0n) is 50.6. The van der Waals surface area contributed by atoms with Crippen molar-refractivity contribution in [1.29, 1.82) is 0 Å². The molecule has 0 aliphatic heterocycles. The summed E-state index contributed by atoms with van der Waals surface area (Å²) in [6, 6.07) is 0. The molecule has 0 saturated heterocycles. The summed E-state index contributed by atoms with van der Waals surface area (Å²) in [4.78, 5) is 38.1. The number of unbranched alkanes of at least 4 members (excludes halogenated alkanes) is 16. The first-order valence-electron chi connectivity index (χ1n) is 31.6. The first-order valence-corrected chi connectivity index (χ1v) is 31.6. The van der Waals surface area contributed by atoms with E-state index in [-0.39, 0.29) is 31.6 Å². The van der Waals surface area contributed by atoms with Crippen molar-refractivity contribution in [2.24, 2.45) is 0 Å². The van der Waals surface area contributed by atoms with E-state index in [0.29, 0.717) is 19.3 Å². The molecule has 0 aromatic rings. The lowest BCUT2D eigenvalue weighted by Gasteiger charge is -2.18. The Balaban J connectivity index is 4.23. The number of hydrogen-bond donors (Lipinski definition) is 0. The van der Waals surface area contributed by atoms with Gasteiger partial charge in [0.25, 0.3) is 0 Å². The molecule has 6 heteroatoms. The third-order valence-corrected chi connectivity index (χ3v) is 12.7. The van der Waals surface area contributed by atoms with Crippen LogP contribution in [0.3, 0.4) is 0 Å². The average molecular weight is 1090 g/mol. The van der Waals surface area contributed by atoms with E-state index in [1.165, 1.54) is 70.6 Å². The van der Waals surface area contributed by atoms with Crippen LogP contribution in [-0.4, -0.2) is 37.2 Å². The van der Waals surface area contributed by atoms with E-state index in [1.54, 1.807) is 0 Å². The molecule has 0 amide bonds. The summed E-state index contributed by atoms with van der Waals surface area (Å²) in [6.45, 7) is 6.19. The van der Waals surface area contributed by atoms with E-state index >= 15 is 0 Å². The van der Waals surface area contributed by atoms with Gasteiger partial charge in [-0.05, 0) is 135 Å². The van der Waals surface area contributed by atoms with Gasteiger partial charge in [-0.15, -0.1) is 0 Å². The fourth-order valence-corrected chi connectivity index (χ4v) is 8.10. The maximum Gasteiger partial charge on any atom is 0.306 e. The van der Waals surface area contributed by atoms with Crippen molar-refractivity contribution in [3.05, 3.63) is 170 Å². The Morgan fingerprint density at radius 2 is 0.481 bits per heavy atom. The molecule has 0 aliphatic carbocycles. The highest BCUT2D eigenvalue weighted by atomic mass is 16.6. The molecule has 6 nitrogen and oxygen atoms in total. The van der Waals surface area contributed by atoms with Crippen LogP contribution in [0, 0.1) is 0 Å². The molecule has 0 fully saturated rings. The highest BCUT2D eigenvalue weighted by Crippen LogP contribution is 2.15. The monoisotopic (exact) mass is 1090 g/mol. The van der Waals surface area contributed by atoms with Crippen LogP contribution in [0.15, 0.2) is 170 Å². The maximum absolute atomic E-state index is 12.8. The number of hydrogen-bond acceptors (Lipinski definition) is 6. The molecule has 0 aromatic heterocycles. The predicted octanol–water partition coefficient (Wildman–Crippen LogP) is 21.9. The fraction of sp³-hybridized carbons (Fsp3) is 0.575. The Morgan fingerprint density at radius 3 is 0.772 bits per heavy atom. The van der Waals surface area contributed by atoms with Crippen molar-refractivity contribution < 1.29 is 28.6 Å². The van der Waals surface area contributed by atoms with Crippen molar-refractivity contribution in [2.75, 3.05) is 13.2 Å². The molecule has 1 atom stereocenters. The Bertz CT molecular complexity index is 1820. The number of allylic oxidation sites excluding steroid dienone is 28. The predicted molar refractivity (Wildman–Crippen MR) is 343 cm³/mol. The van der Waals surface area contributed by atoms with Gasteiger partial charge in [0.1, 0.15) is 13.2 Å². The van der Waals surface area contributed by atoms with E-state index in [2.05, 4.69) is 179 Å². The molecule has 442 valence electrons. The van der Waals surface area contributed by atoms with Gasteiger partial charge >= 0.3 is 17.9 Å². The Kier molecular flexibility index (Phi) is 61.0. The van der Waals surface area contributed by atoms with Gasteiger partial charge in [-0.3, -0.25) is 14.4 Å². The summed E-state index contributed by atoms with van der Waals surface area (Å²) in [5.74, 6) is -1.04. The first-order chi connectivity index (χ1) is 39.0. The van der Waals surface area contributed by atoms with Gasteiger partial charge in [0, 0.05) is 19.3 Å². The molecule has 0 bridgehead atoms. The summed E-state index contributed by atoms with van der Waals surface area (Å²) in [6.07, 6.45) is 96.8. The minimum atomic E-state index is -0.835. The first kappa shape index (κ1) is 73.8. The van der Waals surface area contributed by atoms with E-state index in [0.717, 1.165) is 135 Å². The average Bonchev–Trinajstić information content (AvgIpc) is 3.45. The van der Waals surface area contributed by atoms with E-state index in [4.69, 9.17) is 14.2 Å². The maximum atomic E-state index is 12.8. The van der Waals surface area contributed by atoms with Crippen LogP contribution >= 0.6 is 0 Å². The number of ether oxygens (including phenoxy) is 3. The lowest BCUT2D eigenvalue weighted by atomic mass is 10.0. The second-order valence-electron chi connectivity index (χ2n) is 20.2. The SMILES string of the molecule is CC/C=C\C/C=C\C/C=C\C/C=C\C/C=C\C/C=C\C/C=C\CCCCCCCCCCCCCCCC(=O)OCC(COC(=O)CCCCC/C=C\C/C=C\C/C=C\CC)OC(=O)CC/C=C\C/C=C\C/C=C\C/C=C\CC. The summed E-state index contributed by atoms with van der Waals surface area (Å²) < 4.78 is 16.8. The molecule has 1 unspecified atom stereocenters. The van der Waals surface area contributed by atoms with Crippen LogP contribution in [-0.2, 0) is 28.6 Å². The molecule has 0 aromatic carbocycles. The third-order valence-electron chi connectivity index (χ3n) is 12.7. The van der Waals surface area contributed by atoms with Gasteiger partial charge in [0.05, 0.1) is 0 Å². The Morgan fingerprint density at radius 1 is 0.253 bits per heavy atom. The van der Waals surface area contributed by atoms with Crippen molar-refractivity contribution >= 4 is 17.9 Å². The highest BCUT2D eigenvalue weighted by molar-refractivity contribution is 5.71. The molecular weight excluding hydrogens is 973 g/mol. The number of esters is 3. The van der Waals surface area contributed by atoms with E-state index < -0.39 is 12.1 Å². The van der Waals surface area contributed by atoms with Gasteiger partial charge in [-0.25, -0.2) is 0 Å². The lowest BCUT2D eigenvalue weighted by Crippen LogP contribution is -2.30. The van der Waals surface area contributed by atoms with Crippen LogP contribution in [0.25, 0.3) is 0 Å². The van der Waals surface area contributed by atoms with Crippen LogP contribution in [0.2, 0.25) is 0 Å². The summed E-state index contributed by atoms with van der Waals surface area (Å²) in [5.41, 5.74) is 0. The van der Waals surface area contributed by atoms with Crippen molar-refractivity contribution in [2.45, 2.75) is 258 Å². The molecule has 79 heavy (non-hydrogen) atoms. The second-order valence-corrected chi connectivity index (χ2v) is 20.2. The largest absolute Gasteiger partial charge is 0.462 e. The zero-order valence-corrected chi connectivity index (χ0v) is 50.6. The topological polar surface area (TPSA) is 78.9 Å². The smallest absolute Gasteiger partial charge is 0.306 e. The standard InChI is InChI=1S/C73H114O6/c1-4-7-10-13-16-19-22-25-26-27-28-29-30-31-32-33-34-35-36-37-38-39-40-41-42-43-44-45-46-49-51-54-57-60-63-66-72(75)78-69-70(79-73(76)67-64-61-58-55-52-48-24-21-18-15-12-9-6-3)68-77-71(74)65-62-59-56-53-50-47-23-20-17-14-11-8-5-2/h7-12,16-21,25-26,28-29,31-32,34-35,37-38,47-48,50,52,58,61,70H,4-6,13-15,22-24,27,30,33,36,39-46,49,51,53-57,59-60,62-69H2,1-3H3/b10-7-,11-8-,12-9-,19-16-,20-17-,21-18-,26-25-,29-28-,32-31-,35-34-,38-37-,50-47-,52-48-,61-58-. The Hall–Kier alpha value is -5.23. The molecule has 0 radical (unpaired) electrons. The van der Waals surface area contributed by atoms with Crippen LogP contribution < -0.4 is 0 Å². The summed E-state index contributed by atoms with van der Waals surface area (Å²) >= 11 is 0. The van der Waals surface area contributed by atoms with Gasteiger partial charge in [-0.2, -0.15) is 0 Å². The molecule has 0 N–H and O–H groups in total. The summed E-state index contributed by atoms with van der Waals surface area (Å²) in [7, 11) is 0. The number of rotatable bonds is 55. The van der Waals surface area contributed by atoms with Gasteiger partial charge in [-0.1, -0.05) is 268 Å². The molecule has 0 saturated carbocycles. The fourth-order valence-electron chi connectivity index (χ4n) is 8.10. The Labute approximate surface area is 485 Å². The second kappa shape index (κ2) is 65.3. The van der Waals surface area contributed by atoms with Crippen LogP contribution in [0.1, 0.15) is 252 Å².